The fourth-order valence-corrected chi connectivity index (χ4v) is 4.42. The highest BCUT2D eigenvalue weighted by Crippen LogP contribution is 2.37. The lowest BCUT2D eigenvalue weighted by Crippen LogP contribution is -2.18. The highest BCUT2D eigenvalue weighted by atomic mass is 32.1. The van der Waals surface area contributed by atoms with Gasteiger partial charge < -0.3 is 5.32 Å². The van der Waals surface area contributed by atoms with Gasteiger partial charge in [0.05, 0.1) is 6.04 Å². The third-order valence-electron chi connectivity index (χ3n) is 4.30. The van der Waals surface area contributed by atoms with Crippen molar-refractivity contribution in [2.75, 3.05) is 7.05 Å². The number of fused-ring (bicyclic) bond motifs is 1. The normalized spacial score (nSPS) is 15.5. The number of hydrogen-bond acceptors (Lipinski definition) is 2. The fourth-order valence-electron chi connectivity index (χ4n) is 3.03. The third-order valence-corrected chi connectivity index (χ3v) is 5.60. The van der Waals surface area contributed by atoms with E-state index in [-0.39, 0.29) is 0 Å². The van der Waals surface area contributed by atoms with E-state index in [4.69, 9.17) is 0 Å². The zero-order valence-corrected chi connectivity index (χ0v) is 12.7. The van der Waals surface area contributed by atoms with Crippen LogP contribution in [0.2, 0.25) is 0 Å². The molecule has 1 aromatic carbocycles. The van der Waals surface area contributed by atoms with Gasteiger partial charge in [-0.1, -0.05) is 18.2 Å². The molecule has 0 spiro atoms. The summed E-state index contributed by atoms with van der Waals surface area (Å²) in [5.74, 6) is 0. The Morgan fingerprint density at radius 3 is 2.79 bits per heavy atom. The molecule has 0 amide bonds. The second-order valence-electron chi connectivity index (χ2n) is 5.46. The molecule has 0 radical (unpaired) electrons. The van der Waals surface area contributed by atoms with Crippen molar-refractivity contribution in [3.8, 4) is 0 Å². The van der Waals surface area contributed by atoms with Crippen LogP contribution in [0.25, 0.3) is 0 Å². The summed E-state index contributed by atoms with van der Waals surface area (Å²) < 4.78 is 0. The number of aryl methyl sites for hydroxylation is 3. The van der Waals surface area contributed by atoms with Crippen LogP contribution in [-0.4, -0.2) is 7.05 Å². The van der Waals surface area contributed by atoms with Crippen molar-refractivity contribution in [1.29, 1.82) is 0 Å². The van der Waals surface area contributed by atoms with E-state index in [0.29, 0.717) is 6.04 Å². The van der Waals surface area contributed by atoms with Crippen LogP contribution in [0.1, 0.15) is 44.5 Å². The fraction of sp³-hybridized carbons (Fsp3) is 0.412. The van der Waals surface area contributed by atoms with Gasteiger partial charge in [0.15, 0.2) is 0 Å². The molecule has 2 aromatic rings. The molecule has 3 rings (SSSR count). The Labute approximate surface area is 119 Å². The molecule has 0 bridgehead atoms. The topological polar surface area (TPSA) is 12.0 Å². The van der Waals surface area contributed by atoms with Gasteiger partial charge in [0.1, 0.15) is 0 Å². The van der Waals surface area contributed by atoms with Crippen LogP contribution in [0.5, 0.6) is 0 Å². The van der Waals surface area contributed by atoms with Crippen LogP contribution in [0.3, 0.4) is 0 Å². The number of benzene rings is 1. The van der Waals surface area contributed by atoms with Crippen LogP contribution >= 0.6 is 11.3 Å². The maximum absolute atomic E-state index is 3.50. The molecular weight excluding hydrogens is 250 g/mol. The highest BCUT2D eigenvalue weighted by molar-refractivity contribution is 7.12. The van der Waals surface area contributed by atoms with Crippen molar-refractivity contribution < 1.29 is 0 Å². The summed E-state index contributed by atoms with van der Waals surface area (Å²) in [7, 11) is 2.07. The first-order valence-electron chi connectivity index (χ1n) is 7.05. The molecule has 19 heavy (non-hydrogen) atoms. The quantitative estimate of drug-likeness (QED) is 0.884. The Bertz CT molecular complexity index is 576. The van der Waals surface area contributed by atoms with Gasteiger partial charge in [-0.3, -0.25) is 0 Å². The molecule has 0 aliphatic heterocycles. The molecule has 1 nitrogen and oxygen atoms in total. The summed E-state index contributed by atoms with van der Waals surface area (Å²) in [6, 6.07) is 9.39. The van der Waals surface area contributed by atoms with Crippen LogP contribution in [0.15, 0.2) is 24.3 Å². The number of hydrogen-bond donors (Lipinski definition) is 1. The molecular formula is C17H21NS. The van der Waals surface area contributed by atoms with Crippen LogP contribution in [0.4, 0.5) is 0 Å². The maximum atomic E-state index is 3.50. The van der Waals surface area contributed by atoms with E-state index in [1.54, 1.807) is 10.4 Å². The summed E-state index contributed by atoms with van der Waals surface area (Å²) in [5.41, 5.74) is 5.80. The SMILES string of the molecule is CNC(c1cc2c(s1)CCC2)c1cccc(C)c1C. The molecule has 1 aliphatic carbocycles. The largest absolute Gasteiger partial charge is 0.309 e. The molecule has 0 saturated carbocycles. The Morgan fingerprint density at radius 1 is 1.21 bits per heavy atom. The first kappa shape index (κ1) is 12.9. The van der Waals surface area contributed by atoms with Gasteiger partial charge in [-0.2, -0.15) is 0 Å². The average molecular weight is 271 g/mol. The number of rotatable bonds is 3. The Morgan fingerprint density at radius 2 is 2.05 bits per heavy atom. The number of thiophene rings is 1. The second kappa shape index (κ2) is 5.10. The summed E-state index contributed by atoms with van der Waals surface area (Å²) in [4.78, 5) is 3.08. The molecule has 1 atom stereocenters. The minimum absolute atomic E-state index is 0.343. The van der Waals surface area contributed by atoms with Crippen LogP contribution < -0.4 is 5.32 Å². The van der Waals surface area contributed by atoms with Gasteiger partial charge in [0.25, 0.3) is 0 Å². The van der Waals surface area contributed by atoms with E-state index in [1.807, 2.05) is 11.3 Å². The standard InChI is InChI=1S/C17H21NS/c1-11-6-4-8-14(12(11)2)17(18-3)16-10-13-7-5-9-15(13)19-16/h4,6,8,10,17-18H,5,7,9H2,1-3H3. The van der Waals surface area contributed by atoms with E-state index >= 15 is 0 Å². The average Bonchev–Trinajstić information content (AvgIpc) is 2.96. The van der Waals surface area contributed by atoms with Crippen LogP contribution in [0, 0.1) is 13.8 Å². The van der Waals surface area contributed by atoms with Gasteiger partial charge >= 0.3 is 0 Å². The van der Waals surface area contributed by atoms with E-state index < -0.39 is 0 Å². The zero-order chi connectivity index (χ0) is 13.4. The molecule has 1 heterocycles. The Balaban J connectivity index is 2.02. The Hall–Kier alpha value is -1.12. The van der Waals surface area contributed by atoms with Gasteiger partial charge in [0, 0.05) is 9.75 Å². The third kappa shape index (κ3) is 2.24. The van der Waals surface area contributed by atoms with Crippen molar-refractivity contribution in [1.82, 2.24) is 5.32 Å². The summed E-state index contributed by atoms with van der Waals surface area (Å²) in [5, 5.41) is 3.50. The molecule has 1 unspecified atom stereocenters. The first-order valence-corrected chi connectivity index (χ1v) is 7.87. The molecule has 0 fully saturated rings. The van der Waals surface area contributed by atoms with E-state index in [0.717, 1.165) is 0 Å². The minimum Gasteiger partial charge on any atom is -0.309 e. The first-order chi connectivity index (χ1) is 9.20. The van der Waals surface area contributed by atoms with Crippen molar-refractivity contribution in [3.05, 3.63) is 56.3 Å². The molecule has 1 N–H and O–H groups in total. The monoisotopic (exact) mass is 271 g/mol. The Kier molecular flexibility index (Phi) is 3.46. The second-order valence-corrected chi connectivity index (χ2v) is 6.63. The van der Waals surface area contributed by atoms with Crippen molar-refractivity contribution in [2.24, 2.45) is 0 Å². The molecule has 100 valence electrons. The molecule has 1 aromatic heterocycles. The molecule has 0 saturated heterocycles. The lowest BCUT2D eigenvalue weighted by Gasteiger charge is -2.19. The van der Waals surface area contributed by atoms with Gasteiger partial charge in [0.2, 0.25) is 0 Å². The van der Waals surface area contributed by atoms with Gasteiger partial charge in [-0.25, -0.2) is 0 Å². The van der Waals surface area contributed by atoms with Crippen molar-refractivity contribution in [3.63, 3.8) is 0 Å². The predicted octanol–water partition coefficient (Wildman–Crippen LogP) is 4.16. The van der Waals surface area contributed by atoms with Crippen molar-refractivity contribution >= 4 is 11.3 Å². The molecule has 2 heteroatoms. The lowest BCUT2D eigenvalue weighted by atomic mass is 9.96. The summed E-state index contributed by atoms with van der Waals surface area (Å²) in [6.07, 6.45) is 3.90. The van der Waals surface area contributed by atoms with Gasteiger partial charge in [-0.15, -0.1) is 11.3 Å². The highest BCUT2D eigenvalue weighted by Gasteiger charge is 2.21. The minimum atomic E-state index is 0.343. The van der Waals surface area contributed by atoms with E-state index in [9.17, 15) is 0 Å². The van der Waals surface area contributed by atoms with E-state index in [2.05, 4.69) is 50.5 Å². The zero-order valence-electron chi connectivity index (χ0n) is 11.9. The van der Waals surface area contributed by atoms with Crippen LogP contribution in [-0.2, 0) is 12.8 Å². The lowest BCUT2D eigenvalue weighted by molar-refractivity contribution is 0.697. The summed E-state index contributed by atoms with van der Waals surface area (Å²) in [6.45, 7) is 4.43. The van der Waals surface area contributed by atoms with Crippen molar-refractivity contribution in [2.45, 2.75) is 39.2 Å². The number of nitrogens with one attached hydrogen (secondary N) is 1. The maximum Gasteiger partial charge on any atom is 0.0671 e. The smallest absolute Gasteiger partial charge is 0.0671 e. The summed E-state index contributed by atoms with van der Waals surface area (Å²) >= 11 is 2.00. The van der Waals surface area contributed by atoms with Gasteiger partial charge in [-0.05, 0) is 68.5 Å². The van der Waals surface area contributed by atoms with E-state index in [1.165, 1.54) is 40.8 Å². The predicted molar refractivity (Wildman–Crippen MR) is 83.2 cm³/mol. The molecule has 1 aliphatic rings.